The summed E-state index contributed by atoms with van der Waals surface area (Å²) in [6, 6.07) is 6.57. The van der Waals surface area contributed by atoms with Gasteiger partial charge in [-0.1, -0.05) is 49.2 Å². The van der Waals surface area contributed by atoms with Crippen molar-refractivity contribution >= 4 is 21.6 Å². The molecule has 0 bridgehead atoms. The molecule has 3 heteroatoms. The zero-order valence-corrected chi connectivity index (χ0v) is 14.3. The maximum Gasteiger partial charge on any atom is 0.0420 e. The Balaban J connectivity index is 2.73. The molecule has 0 atom stereocenters. The lowest BCUT2D eigenvalue weighted by atomic mass is 10.1. The van der Waals surface area contributed by atoms with Gasteiger partial charge in [-0.25, -0.2) is 0 Å². The average molecular weight is 327 g/mol. The smallest absolute Gasteiger partial charge is 0.0420 e. The summed E-state index contributed by atoms with van der Waals surface area (Å²) in [7, 11) is 2.18. The van der Waals surface area contributed by atoms with Crippen molar-refractivity contribution in [3.8, 4) is 0 Å². The Labute approximate surface area is 126 Å². The van der Waals surface area contributed by atoms with Crippen molar-refractivity contribution in [2.45, 2.75) is 40.2 Å². The largest absolute Gasteiger partial charge is 0.374 e. The van der Waals surface area contributed by atoms with E-state index in [0.717, 1.165) is 24.1 Å². The van der Waals surface area contributed by atoms with Crippen LogP contribution in [0.25, 0.3) is 0 Å². The number of benzene rings is 1. The maximum absolute atomic E-state index is 3.58. The Morgan fingerprint density at radius 2 is 2.05 bits per heavy atom. The van der Waals surface area contributed by atoms with Crippen LogP contribution in [-0.2, 0) is 6.54 Å². The summed E-state index contributed by atoms with van der Waals surface area (Å²) in [6.07, 6.45) is 2.47. The fourth-order valence-corrected chi connectivity index (χ4v) is 2.40. The Bertz CT molecular complexity index is 377. The fraction of sp³-hybridized carbons (Fsp3) is 0.625. The van der Waals surface area contributed by atoms with Crippen LogP contribution in [0.1, 0.15) is 39.2 Å². The summed E-state index contributed by atoms with van der Waals surface area (Å²) in [6.45, 7) is 9.83. The van der Waals surface area contributed by atoms with Crippen LogP contribution in [0.3, 0.4) is 0 Å². The van der Waals surface area contributed by atoms with Gasteiger partial charge in [0.15, 0.2) is 0 Å². The molecule has 0 saturated heterocycles. The van der Waals surface area contributed by atoms with Crippen molar-refractivity contribution in [3.05, 3.63) is 28.2 Å². The lowest BCUT2D eigenvalue weighted by Gasteiger charge is -2.23. The SMILES string of the molecule is CCCCN(C)c1cc(Br)ccc1CNCC(C)C. The molecule has 0 saturated carbocycles. The summed E-state index contributed by atoms with van der Waals surface area (Å²) in [5, 5.41) is 3.53. The molecule has 0 spiro atoms. The highest BCUT2D eigenvalue weighted by Gasteiger charge is 2.08. The van der Waals surface area contributed by atoms with Crippen LogP contribution < -0.4 is 10.2 Å². The van der Waals surface area contributed by atoms with E-state index in [1.54, 1.807) is 0 Å². The first-order chi connectivity index (χ1) is 9.04. The third-order valence-electron chi connectivity index (χ3n) is 3.17. The van der Waals surface area contributed by atoms with E-state index < -0.39 is 0 Å². The van der Waals surface area contributed by atoms with Gasteiger partial charge in [-0.3, -0.25) is 0 Å². The highest BCUT2D eigenvalue weighted by Crippen LogP contribution is 2.24. The van der Waals surface area contributed by atoms with Crippen LogP contribution in [0, 0.1) is 5.92 Å². The molecule has 0 aliphatic rings. The number of halogens is 1. The van der Waals surface area contributed by atoms with Crippen LogP contribution in [0.4, 0.5) is 5.69 Å². The Morgan fingerprint density at radius 1 is 1.32 bits per heavy atom. The molecular formula is C16H27BrN2. The van der Waals surface area contributed by atoms with E-state index in [1.807, 2.05) is 0 Å². The van der Waals surface area contributed by atoms with E-state index in [-0.39, 0.29) is 0 Å². The average Bonchev–Trinajstić information content (AvgIpc) is 2.37. The van der Waals surface area contributed by atoms with Gasteiger partial charge >= 0.3 is 0 Å². The third kappa shape index (κ3) is 5.96. The highest BCUT2D eigenvalue weighted by molar-refractivity contribution is 9.10. The van der Waals surface area contributed by atoms with Crippen molar-refractivity contribution in [2.24, 2.45) is 5.92 Å². The Hall–Kier alpha value is -0.540. The summed E-state index contributed by atoms with van der Waals surface area (Å²) in [5.74, 6) is 0.691. The molecule has 0 heterocycles. The van der Waals surface area contributed by atoms with Gasteiger partial charge in [-0.05, 0) is 36.6 Å². The fourth-order valence-electron chi connectivity index (χ4n) is 2.05. The minimum Gasteiger partial charge on any atom is -0.374 e. The van der Waals surface area contributed by atoms with Crippen LogP contribution in [0.5, 0.6) is 0 Å². The van der Waals surface area contributed by atoms with Gasteiger partial charge in [0.1, 0.15) is 0 Å². The van der Waals surface area contributed by atoms with Crippen LogP contribution in [0.2, 0.25) is 0 Å². The number of nitrogens with one attached hydrogen (secondary N) is 1. The van der Waals surface area contributed by atoms with Gasteiger partial charge in [-0.15, -0.1) is 0 Å². The predicted octanol–water partition coefficient (Wildman–Crippen LogP) is 4.43. The minimum atomic E-state index is 0.691. The van der Waals surface area contributed by atoms with E-state index in [2.05, 4.69) is 72.2 Å². The summed E-state index contributed by atoms with van der Waals surface area (Å²) in [4.78, 5) is 2.36. The normalized spacial score (nSPS) is 11.1. The van der Waals surface area contributed by atoms with Crippen molar-refractivity contribution in [2.75, 3.05) is 25.0 Å². The number of anilines is 1. The summed E-state index contributed by atoms with van der Waals surface area (Å²) in [5.41, 5.74) is 2.71. The first kappa shape index (κ1) is 16.5. The second kappa shape index (κ2) is 8.60. The standard InChI is InChI=1S/C16H27BrN2/c1-5-6-9-19(4)16-10-15(17)8-7-14(16)12-18-11-13(2)3/h7-8,10,13,18H,5-6,9,11-12H2,1-4H3. The molecule has 1 aromatic rings. The number of unbranched alkanes of at least 4 members (excludes halogenated alkanes) is 1. The molecule has 0 aromatic heterocycles. The molecule has 1 rings (SSSR count). The molecule has 0 unspecified atom stereocenters. The summed E-state index contributed by atoms with van der Waals surface area (Å²) < 4.78 is 1.15. The molecule has 0 amide bonds. The van der Waals surface area contributed by atoms with E-state index >= 15 is 0 Å². The number of hydrogen-bond acceptors (Lipinski definition) is 2. The second-order valence-corrected chi connectivity index (χ2v) is 6.49. The van der Waals surface area contributed by atoms with E-state index in [4.69, 9.17) is 0 Å². The highest BCUT2D eigenvalue weighted by atomic mass is 79.9. The van der Waals surface area contributed by atoms with Crippen LogP contribution in [-0.4, -0.2) is 20.1 Å². The van der Waals surface area contributed by atoms with E-state index in [9.17, 15) is 0 Å². The third-order valence-corrected chi connectivity index (χ3v) is 3.67. The van der Waals surface area contributed by atoms with Gasteiger partial charge in [0.05, 0.1) is 0 Å². The van der Waals surface area contributed by atoms with Crippen molar-refractivity contribution < 1.29 is 0 Å². The Kier molecular flexibility index (Phi) is 7.47. The first-order valence-electron chi connectivity index (χ1n) is 7.24. The molecule has 108 valence electrons. The molecular weight excluding hydrogens is 300 g/mol. The van der Waals surface area contributed by atoms with Crippen LogP contribution in [0.15, 0.2) is 22.7 Å². The van der Waals surface area contributed by atoms with Crippen LogP contribution >= 0.6 is 15.9 Å². The van der Waals surface area contributed by atoms with E-state index in [1.165, 1.54) is 24.1 Å². The molecule has 1 aromatic carbocycles. The predicted molar refractivity (Wildman–Crippen MR) is 88.9 cm³/mol. The number of hydrogen-bond donors (Lipinski definition) is 1. The minimum absolute atomic E-state index is 0.691. The van der Waals surface area contributed by atoms with Gasteiger partial charge < -0.3 is 10.2 Å². The zero-order valence-electron chi connectivity index (χ0n) is 12.7. The monoisotopic (exact) mass is 326 g/mol. The van der Waals surface area contributed by atoms with Crippen molar-refractivity contribution in [1.29, 1.82) is 0 Å². The van der Waals surface area contributed by atoms with Crippen molar-refractivity contribution in [1.82, 2.24) is 5.32 Å². The maximum atomic E-state index is 3.58. The van der Waals surface area contributed by atoms with Gasteiger partial charge in [0, 0.05) is 30.3 Å². The number of rotatable bonds is 8. The molecule has 0 radical (unpaired) electrons. The molecule has 0 aliphatic carbocycles. The Morgan fingerprint density at radius 3 is 2.68 bits per heavy atom. The summed E-state index contributed by atoms with van der Waals surface area (Å²) >= 11 is 3.58. The van der Waals surface area contributed by atoms with Gasteiger partial charge in [0.2, 0.25) is 0 Å². The second-order valence-electron chi connectivity index (χ2n) is 5.57. The number of nitrogens with zero attached hydrogens (tertiary/aromatic N) is 1. The molecule has 2 nitrogen and oxygen atoms in total. The molecule has 1 N–H and O–H groups in total. The lowest BCUT2D eigenvalue weighted by Crippen LogP contribution is -2.23. The first-order valence-corrected chi connectivity index (χ1v) is 8.04. The molecule has 19 heavy (non-hydrogen) atoms. The quantitative estimate of drug-likeness (QED) is 0.760. The van der Waals surface area contributed by atoms with Crippen molar-refractivity contribution in [3.63, 3.8) is 0 Å². The zero-order chi connectivity index (χ0) is 14.3. The van der Waals surface area contributed by atoms with Gasteiger partial charge in [-0.2, -0.15) is 0 Å². The van der Waals surface area contributed by atoms with E-state index in [0.29, 0.717) is 5.92 Å². The van der Waals surface area contributed by atoms with Gasteiger partial charge in [0.25, 0.3) is 0 Å². The topological polar surface area (TPSA) is 15.3 Å². The molecule has 0 aliphatic heterocycles. The molecule has 0 fully saturated rings. The lowest BCUT2D eigenvalue weighted by molar-refractivity contribution is 0.552.